The second-order valence-corrected chi connectivity index (χ2v) is 3.76. The molecule has 0 radical (unpaired) electrons. The van der Waals surface area contributed by atoms with Crippen LogP contribution in [0, 0.1) is 24.0 Å². The van der Waals surface area contributed by atoms with Gasteiger partial charge in [0.1, 0.15) is 0 Å². The average Bonchev–Trinajstić information content (AvgIpc) is 2.08. The second kappa shape index (κ2) is 4.22. The molecule has 0 N–H and O–H groups in total. The van der Waals surface area contributed by atoms with Crippen LogP contribution in [-0.4, -0.2) is 11.5 Å². The van der Waals surface area contributed by atoms with Crippen LogP contribution in [0.25, 0.3) is 0 Å². The van der Waals surface area contributed by atoms with Crippen molar-refractivity contribution in [2.24, 2.45) is 0 Å². The van der Waals surface area contributed by atoms with E-state index in [1.165, 1.54) is 11.1 Å². The van der Waals surface area contributed by atoms with Crippen molar-refractivity contribution in [2.45, 2.75) is 26.7 Å². The van der Waals surface area contributed by atoms with Gasteiger partial charge in [0.15, 0.2) is 0 Å². The van der Waals surface area contributed by atoms with Crippen LogP contribution < -0.4 is 0 Å². The van der Waals surface area contributed by atoms with Gasteiger partial charge in [0.05, 0.1) is 0 Å². The Kier molecular flexibility index (Phi) is 3.23. The molecule has 1 rings (SSSR count). The van der Waals surface area contributed by atoms with Crippen molar-refractivity contribution < 1.29 is 4.92 Å². The van der Waals surface area contributed by atoms with Crippen LogP contribution in [0.1, 0.15) is 29.5 Å². The number of nitro groups is 1. The minimum absolute atomic E-state index is 0.00248. The van der Waals surface area contributed by atoms with Gasteiger partial charge in [-0.3, -0.25) is 10.1 Å². The maximum Gasteiger partial charge on any atom is 0.210 e. The summed E-state index contributed by atoms with van der Waals surface area (Å²) < 4.78 is 0. The van der Waals surface area contributed by atoms with E-state index in [4.69, 9.17) is 0 Å². The summed E-state index contributed by atoms with van der Waals surface area (Å²) in [5, 5.41) is 10.3. The Hall–Kier alpha value is -1.38. The molecular formula is C11H15NO2. The number of hydrogen-bond acceptors (Lipinski definition) is 2. The highest BCUT2D eigenvalue weighted by Crippen LogP contribution is 2.18. The summed E-state index contributed by atoms with van der Waals surface area (Å²) in [4.78, 5) is 10.1. The van der Waals surface area contributed by atoms with Gasteiger partial charge < -0.3 is 0 Å². The monoisotopic (exact) mass is 193 g/mol. The van der Waals surface area contributed by atoms with Crippen LogP contribution in [0.15, 0.2) is 18.2 Å². The zero-order valence-electron chi connectivity index (χ0n) is 8.78. The molecule has 1 aromatic rings. The van der Waals surface area contributed by atoms with E-state index < -0.39 is 0 Å². The smallest absolute Gasteiger partial charge is 0.210 e. The number of benzene rings is 1. The molecule has 14 heavy (non-hydrogen) atoms. The van der Waals surface area contributed by atoms with E-state index in [0.29, 0.717) is 0 Å². The molecule has 3 heteroatoms. The molecule has 0 aliphatic rings. The molecule has 76 valence electrons. The van der Waals surface area contributed by atoms with Crippen molar-refractivity contribution in [1.29, 1.82) is 0 Å². The first-order valence-corrected chi connectivity index (χ1v) is 4.69. The van der Waals surface area contributed by atoms with Gasteiger partial charge in [-0.05, 0) is 30.5 Å². The minimum atomic E-state index is -0.264. The minimum Gasteiger partial charge on any atom is -0.265 e. The van der Waals surface area contributed by atoms with Crippen molar-refractivity contribution in [1.82, 2.24) is 0 Å². The zero-order chi connectivity index (χ0) is 10.7. The predicted octanol–water partition coefficient (Wildman–Crippen LogP) is 2.68. The third-order valence-corrected chi connectivity index (χ3v) is 2.52. The van der Waals surface area contributed by atoms with Gasteiger partial charge in [-0.2, -0.15) is 0 Å². The molecular weight excluding hydrogens is 178 g/mol. The Morgan fingerprint density at radius 1 is 1.36 bits per heavy atom. The van der Waals surface area contributed by atoms with E-state index in [1.54, 1.807) is 0 Å². The van der Waals surface area contributed by atoms with Crippen LogP contribution in [0.4, 0.5) is 0 Å². The predicted molar refractivity (Wildman–Crippen MR) is 56.2 cm³/mol. The lowest BCUT2D eigenvalue weighted by atomic mass is 9.97. The number of rotatable bonds is 3. The summed E-state index contributed by atoms with van der Waals surface area (Å²) in [6.45, 7) is 5.95. The quantitative estimate of drug-likeness (QED) is 0.547. The van der Waals surface area contributed by atoms with Gasteiger partial charge >= 0.3 is 0 Å². The molecule has 1 atom stereocenters. The van der Waals surface area contributed by atoms with Crippen molar-refractivity contribution >= 4 is 0 Å². The molecule has 0 amide bonds. The first-order valence-electron chi connectivity index (χ1n) is 4.69. The van der Waals surface area contributed by atoms with Gasteiger partial charge in [-0.15, -0.1) is 0 Å². The third kappa shape index (κ3) is 2.55. The molecule has 0 bridgehead atoms. The fourth-order valence-electron chi connectivity index (χ4n) is 1.40. The van der Waals surface area contributed by atoms with E-state index in [-0.39, 0.29) is 17.4 Å². The molecule has 0 heterocycles. The Morgan fingerprint density at radius 3 is 2.50 bits per heavy atom. The average molecular weight is 193 g/mol. The molecule has 0 saturated heterocycles. The summed E-state index contributed by atoms with van der Waals surface area (Å²) in [6, 6.07) is 6.01. The van der Waals surface area contributed by atoms with Crippen molar-refractivity contribution in [3.05, 3.63) is 45.0 Å². The number of nitrogens with zero attached hydrogens (tertiary/aromatic N) is 1. The van der Waals surface area contributed by atoms with Crippen LogP contribution >= 0.6 is 0 Å². The summed E-state index contributed by atoms with van der Waals surface area (Å²) >= 11 is 0. The van der Waals surface area contributed by atoms with E-state index in [2.05, 4.69) is 0 Å². The van der Waals surface area contributed by atoms with Crippen LogP contribution in [0.5, 0.6) is 0 Å². The molecule has 0 aliphatic carbocycles. The Morgan fingerprint density at radius 2 is 2.00 bits per heavy atom. The number of aryl methyl sites for hydroxylation is 2. The maximum absolute atomic E-state index is 10.3. The molecule has 0 saturated carbocycles. The second-order valence-electron chi connectivity index (χ2n) is 3.76. The fourth-order valence-corrected chi connectivity index (χ4v) is 1.40. The van der Waals surface area contributed by atoms with E-state index in [9.17, 15) is 10.1 Å². The van der Waals surface area contributed by atoms with Crippen LogP contribution in [0.2, 0.25) is 0 Å². The lowest BCUT2D eigenvalue weighted by molar-refractivity contribution is -0.482. The molecule has 0 aliphatic heterocycles. The lowest BCUT2D eigenvalue weighted by Crippen LogP contribution is -2.09. The van der Waals surface area contributed by atoms with Gasteiger partial charge in [0.2, 0.25) is 6.54 Å². The van der Waals surface area contributed by atoms with Crippen molar-refractivity contribution in [3.8, 4) is 0 Å². The van der Waals surface area contributed by atoms with Gasteiger partial charge in [-0.25, -0.2) is 0 Å². The lowest BCUT2D eigenvalue weighted by Gasteiger charge is -2.09. The largest absolute Gasteiger partial charge is 0.265 e. The zero-order valence-corrected chi connectivity index (χ0v) is 8.78. The van der Waals surface area contributed by atoms with Gasteiger partial charge in [0, 0.05) is 10.8 Å². The third-order valence-electron chi connectivity index (χ3n) is 2.52. The Labute approximate surface area is 83.9 Å². The van der Waals surface area contributed by atoms with E-state index in [1.807, 2.05) is 39.0 Å². The molecule has 1 aromatic carbocycles. The molecule has 0 fully saturated rings. The Bertz CT molecular complexity index is 347. The first-order chi connectivity index (χ1) is 6.50. The highest BCUT2D eigenvalue weighted by atomic mass is 16.6. The summed E-state index contributed by atoms with van der Waals surface area (Å²) in [7, 11) is 0. The van der Waals surface area contributed by atoms with Crippen molar-refractivity contribution in [2.75, 3.05) is 6.54 Å². The SMILES string of the molecule is Cc1ccc(C(C)C[N+](=O)[O-])cc1C. The maximum atomic E-state index is 10.3. The standard InChI is InChI=1S/C11H15NO2/c1-8-4-5-11(6-9(8)2)10(3)7-12(13)14/h4-6,10H,7H2,1-3H3. The molecule has 0 spiro atoms. The topological polar surface area (TPSA) is 43.1 Å². The van der Waals surface area contributed by atoms with Gasteiger partial charge in [0.25, 0.3) is 0 Å². The summed E-state index contributed by atoms with van der Waals surface area (Å²) in [6.07, 6.45) is 0. The normalized spacial score (nSPS) is 12.5. The molecule has 3 nitrogen and oxygen atoms in total. The van der Waals surface area contributed by atoms with Crippen LogP contribution in [-0.2, 0) is 0 Å². The molecule has 0 aromatic heterocycles. The van der Waals surface area contributed by atoms with Gasteiger partial charge in [-0.1, -0.05) is 25.1 Å². The van der Waals surface area contributed by atoms with Crippen molar-refractivity contribution in [3.63, 3.8) is 0 Å². The van der Waals surface area contributed by atoms with E-state index >= 15 is 0 Å². The highest BCUT2D eigenvalue weighted by Gasteiger charge is 2.12. The number of hydrogen-bond donors (Lipinski definition) is 0. The highest BCUT2D eigenvalue weighted by molar-refractivity contribution is 5.31. The summed E-state index contributed by atoms with van der Waals surface area (Å²) in [5.74, 6) is -0.00991. The summed E-state index contributed by atoms with van der Waals surface area (Å²) in [5.41, 5.74) is 3.46. The fraction of sp³-hybridized carbons (Fsp3) is 0.455. The Balaban J connectivity index is 2.85. The molecule has 1 unspecified atom stereocenters. The van der Waals surface area contributed by atoms with E-state index in [0.717, 1.165) is 5.56 Å². The first kappa shape index (κ1) is 10.7. The van der Waals surface area contributed by atoms with Crippen LogP contribution in [0.3, 0.4) is 0 Å².